The highest BCUT2D eigenvalue weighted by atomic mass is 19.4. The molecule has 0 bridgehead atoms. The van der Waals surface area contributed by atoms with Gasteiger partial charge in [0.1, 0.15) is 0 Å². The highest BCUT2D eigenvalue weighted by molar-refractivity contribution is 4.97. The van der Waals surface area contributed by atoms with Crippen LogP contribution in [0.15, 0.2) is 0 Å². The molecular formula is C17H14F23NO3. The van der Waals surface area contributed by atoms with E-state index in [1.807, 2.05) is 0 Å². The van der Waals surface area contributed by atoms with Crippen LogP contribution in [0.5, 0.6) is 0 Å². The van der Waals surface area contributed by atoms with E-state index >= 15 is 0 Å². The molecule has 0 rings (SSSR count). The maximum Gasteiger partial charge on any atom is 0.462 e. The molecule has 1 N–H and O–H groups in total. The van der Waals surface area contributed by atoms with Crippen molar-refractivity contribution in [2.75, 3.05) is 13.1 Å². The summed E-state index contributed by atoms with van der Waals surface area (Å²) >= 11 is 0. The number of alkyl halides is 23. The van der Waals surface area contributed by atoms with Gasteiger partial charge in [0.15, 0.2) is 0 Å². The van der Waals surface area contributed by atoms with Crippen LogP contribution in [-0.4, -0.2) is 79.6 Å². The van der Waals surface area contributed by atoms with Gasteiger partial charge in [-0.1, -0.05) is 6.92 Å². The number of hydrogen-bond acceptors (Lipinski definition) is 4. The summed E-state index contributed by atoms with van der Waals surface area (Å²) in [6, 6.07) is 0. The molecule has 0 aliphatic heterocycles. The van der Waals surface area contributed by atoms with Crippen LogP contribution in [0.2, 0.25) is 0 Å². The minimum Gasteiger partial charge on any atom is -0.317 e. The normalized spacial score (nSPS) is 19.4. The Morgan fingerprint density at radius 2 is 0.795 bits per heavy atom. The Morgan fingerprint density at radius 1 is 0.432 bits per heavy atom. The Morgan fingerprint density at radius 3 is 1.11 bits per heavy atom. The highest BCUT2D eigenvalue weighted by Crippen LogP contribution is 2.59. The summed E-state index contributed by atoms with van der Waals surface area (Å²) in [7, 11) is 0. The van der Waals surface area contributed by atoms with Crippen molar-refractivity contribution in [1.82, 2.24) is 5.32 Å². The molecule has 3 atom stereocenters. The van der Waals surface area contributed by atoms with Gasteiger partial charge in [0.25, 0.3) is 0 Å². The molecule has 0 fully saturated rings. The molecule has 44 heavy (non-hydrogen) atoms. The van der Waals surface area contributed by atoms with Crippen LogP contribution >= 0.6 is 0 Å². The number of nitrogens with one attached hydrogen (secondary N) is 1. The monoisotopic (exact) mass is 717 g/mol. The third-order valence-corrected chi connectivity index (χ3v) is 4.73. The summed E-state index contributed by atoms with van der Waals surface area (Å²) in [5.41, 5.74) is 0. The molecule has 0 aromatic rings. The lowest BCUT2D eigenvalue weighted by molar-refractivity contribution is -0.579. The summed E-state index contributed by atoms with van der Waals surface area (Å²) in [5.74, 6) is -31.4. The largest absolute Gasteiger partial charge is 0.462 e. The van der Waals surface area contributed by atoms with Crippen LogP contribution in [0.3, 0.4) is 0 Å². The molecule has 0 spiro atoms. The van der Waals surface area contributed by atoms with Gasteiger partial charge in [0, 0.05) is 6.42 Å². The molecule has 0 saturated heterocycles. The van der Waals surface area contributed by atoms with Crippen molar-refractivity contribution in [3.05, 3.63) is 0 Å². The van der Waals surface area contributed by atoms with Gasteiger partial charge >= 0.3 is 66.5 Å². The fourth-order valence-electron chi connectivity index (χ4n) is 2.47. The van der Waals surface area contributed by atoms with Gasteiger partial charge in [-0.05, 0) is 25.9 Å². The average molecular weight is 717 g/mol. The summed E-state index contributed by atoms with van der Waals surface area (Å²) in [6.45, 7) is 0.550. The van der Waals surface area contributed by atoms with Crippen LogP contribution in [0, 0.1) is 0 Å². The number of hydrogen-bond donors (Lipinski definition) is 1. The molecule has 0 amide bonds. The Kier molecular flexibility index (Phi) is 11.9. The third kappa shape index (κ3) is 8.14. The van der Waals surface area contributed by atoms with E-state index in [1.165, 1.54) is 11.7 Å². The second-order valence-electron chi connectivity index (χ2n) is 8.19. The third-order valence-electron chi connectivity index (χ3n) is 4.73. The zero-order valence-electron chi connectivity index (χ0n) is 20.5. The molecular weight excluding hydrogens is 703 g/mol. The molecule has 27 heteroatoms. The lowest BCUT2D eigenvalue weighted by atomic mass is 10.1. The van der Waals surface area contributed by atoms with Crippen molar-refractivity contribution in [2.24, 2.45) is 0 Å². The minimum absolute atomic E-state index is 0.0763. The van der Waals surface area contributed by atoms with Crippen LogP contribution in [0.1, 0.15) is 26.2 Å². The van der Waals surface area contributed by atoms with Gasteiger partial charge in [-0.2, -0.15) is 96.6 Å². The maximum atomic E-state index is 14.4. The van der Waals surface area contributed by atoms with E-state index in [9.17, 15) is 101 Å². The fourth-order valence-corrected chi connectivity index (χ4v) is 2.47. The molecule has 0 aliphatic carbocycles. The van der Waals surface area contributed by atoms with Gasteiger partial charge in [0.05, 0.1) is 0 Å². The van der Waals surface area contributed by atoms with E-state index in [2.05, 4.69) is 10.1 Å². The van der Waals surface area contributed by atoms with Crippen molar-refractivity contribution < 1.29 is 115 Å². The average Bonchev–Trinajstić information content (AvgIpc) is 2.74. The summed E-state index contributed by atoms with van der Waals surface area (Å²) in [5, 5.41) is 2.17. The smallest absolute Gasteiger partial charge is 0.317 e. The first-order chi connectivity index (χ1) is 18.9. The lowest BCUT2D eigenvalue weighted by Gasteiger charge is -2.43. The minimum atomic E-state index is -8.63. The number of halogens is 23. The van der Waals surface area contributed by atoms with Crippen LogP contribution in [0.4, 0.5) is 101 Å². The first-order valence-corrected chi connectivity index (χ1v) is 10.6. The van der Waals surface area contributed by atoms with Gasteiger partial charge in [-0.15, -0.1) is 0 Å². The van der Waals surface area contributed by atoms with Gasteiger partial charge in [-0.3, -0.25) is 14.2 Å². The Balaban J connectivity index is 7.02. The molecule has 0 aliphatic rings. The highest BCUT2D eigenvalue weighted by Gasteiger charge is 2.88. The van der Waals surface area contributed by atoms with Crippen molar-refractivity contribution in [3.63, 3.8) is 0 Å². The standard InChI is InChI=1S/C17H14F23NO3/c1-2-5-41-6-3-4-7(18,11(23,24)25)42-16(37,38)9(21,13(29,30)31)44-17(39,40)10(22,14(32,33)34)43-15(35,36)8(19,20)12(26,27)28/h41H,2-6H2,1H3. The van der Waals surface area contributed by atoms with E-state index in [1.54, 1.807) is 0 Å². The van der Waals surface area contributed by atoms with Crippen LogP contribution in [0.25, 0.3) is 0 Å². The van der Waals surface area contributed by atoms with E-state index in [0.717, 1.165) is 4.74 Å². The molecule has 0 aromatic carbocycles. The molecule has 3 unspecified atom stereocenters. The zero-order valence-corrected chi connectivity index (χ0v) is 20.5. The molecule has 266 valence electrons. The second-order valence-corrected chi connectivity index (χ2v) is 8.19. The van der Waals surface area contributed by atoms with Gasteiger partial charge in [0.2, 0.25) is 0 Å². The topological polar surface area (TPSA) is 39.7 Å². The SMILES string of the molecule is CCCNCCCC(F)(OC(F)(F)C(F)(OC(F)(F)C(F)(OC(F)(F)C(F)(F)C(F)(F)F)C(F)(F)F)C(F)(F)F)C(F)(F)F. The van der Waals surface area contributed by atoms with E-state index < -0.39 is 85.9 Å². The number of ether oxygens (including phenoxy) is 3. The van der Waals surface area contributed by atoms with Crippen molar-refractivity contribution in [1.29, 1.82) is 0 Å². The van der Waals surface area contributed by atoms with E-state index in [-0.39, 0.29) is 13.0 Å². The molecule has 0 heterocycles. The van der Waals surface area contributed by atoms with Crippen molar-refractivity contribution >= 4 is 0 Å². The second kappa shape index (κ2) is 12.4. The zero-order chi connectivity index (χ0) is 35.9. The molecule has 0 radical (unpaired) electrons. The molecule has 4 nitrogen and oxygen atoms in total. The van der Waals surface area contributed by atoms with Gasteiger partial charge in [-0.25, -0.2) is 4.39 Å². The summed E-state index contributed by atoms with van der Waals surface area (Å²) < 4.78 is 309. The first kappa shape index (κ1) is 42.2. The summed E-state index contributed by atoms with van der Waals surface area (Å²) in [4.78, 5) is 0. The Labute approximate surface area is 227 Å². The van der Waals surface area contributed by atoms with Crippen molar-refractivity contribution in [3.8, 4) is 0 Å². The van der Waals surface area contributed by atoms with E-state index in [4.69, 9.17) is 0 Å². The fraction of sp³-hybridized carbons (Fsp3) is 1.00. The predicted molar refractivity (Wildman–Crippen MR) is 91.2 cm³/mol. The summed E-state index contributed by atoms with van der Waals surface area (Å²) in [6.07, 6.45) is -60.1. The Bertz CT molecular complexity index is 942. The van der Waals surface area contributed by atoms with E-state index in [0.29, 0.717) is 0 Å². The van der Waals surface area contributed by atoms with Crippen LogP contribution < -0.4 is 5.32 Å². The first-order valence-electron chi connectivity index (χ1n) is 10.6. The maximum absolute atomic E-state index is 14.4. The quantitative estimate of drug-likeness (QED) is 0.136. The molecule has 0 saturated carbocycles. The lowest BCUT2D eigenvalue weighted by Crippen LogP contribution is -2.70. The van der Waals surface area contributed by atoms with Crippen molar-refractivity contribution in [2.45, 2.75) is 92.7 Å². The Hall–Kier alpha value is -1.77. The van der Waals surface area contributed by atoms with Gasteiger partial charge < -0.3 is 5.32 Å². The molecule has 0 aromatic heterocycles. The number of rotatable bonds is 15. The predicted octanol–water partition coefficient (Wildman–Crippen LogP) is 8.48. The van der Waals surface area contributed by atoms with Crippen LogP contribution in [-0.2, 0) is 14.2 Å².